The molecule has 1 N–H and O–H groups in total. The lowest BCUT2D eigenvalue weighted by Crippen LogP contribution is -2.08. The first-order valence-electron chi connectivity index (χ1n) is 5.39. The summed E-state index contributed by atoms with van der Waals surface area (Å²) in [5, 5.41) is 4.46. The molecule has 0 saturated carbocycles. The first-order valence-corrected chi connectivity index (χ1v) is 5.39. The molecule has 0 fully saturated rings. The highest BCUT2D eigenvalue weighted by Gasteiger charge is 1.99. The molecule has 15 heavy (non-hydrogen) atoms. The van der Waals surface area contributed by atoms with Crippen LogP contribution in [0.3, 0.4) is 0 Å². The van der Waals surface area contributed by atoms with E-state index in [9.17, 15) is 0 Å². The standard InChI is InChI=1S/C13H16N2/c1-14-9-4-5-11-8-10-15-13-7-3-2-6-12(11)13/h2-3,6-8,10,14H,4-5,9H2,1H3. The van der Waals surface area contributed by atoms with Gasteiger partial charge in [-0.2, -0.15) is 0 Å². The second kappa shape index (κ2) is 4.89. The van der Waals surface area contributed by atoms with Gasteiger partial charge in [0.1, 0.15) is 0 Å². The summed E-state index contributed by atoms with van der Waals surface area (Å²) >= 11 is 0. The summed E-state index contributed by atoms with van der Waals surface area (Å²) in [6.45, 7) is 1.07. The number of nitrogens with one attached hydrogen (secondary N) is 1. The van der Waals surface area contributed by atoms with Crippen LogP contribution in [-0.2, 0) is 6.42 Å². The van der Waals surface area contributed by atoms with Crippen LogP contribution in [0.4, 0.5) is 0 Å². The second-order valence-corrected chi connectivity index (χ2v) is 3.69. The number of fused-ring (bicyclic) bond motifs is 1. The van der Waals surface area contributed by atoms with Gasteiger partial charge in [0.25, 0.3) is 0 Å². The molecule has 2 rings (SSSR count). The van der Waals surface area contributed by atoms with E-state index in [0.717, 1.165) is 18.5 Å². The average molecular weight is 200 g/mol. The Morgan fingerprint density at radius 3 is 2.93 bits per heavy atom. The Hall–Kier alpha value is -1.41. The molecule has 0 radical (unpaired) electrons. The van der Waals surface area contributed by atoms with E-state index < -0.39 is 0 Å². The molecule has 2 heteroatoms. The lowest BCUT2D eigenvalue weighted by molar-refractivity contribution is 0.726. The molecule has 0 aliphatic rings. The third-order valence-corrected chi connectivity index (χ3v) is 2.61. The number of benzene rings is 1. The molecule has 0 unspecified atom stereocenters. The van der Waals surface area contributed by atoms with Gasteiger partial charge in [-0.15, -0.1) is 0 Å². The van der Waals surface area contributed by atoms with E-state index in [4.69, 9.17) is 0 Å². The van der Waals surface area contributed by atoms with Crippen molar-refractivity contribution in [2.45, 2.75) is 12.8 Å². The third kappa shape index (κ3) is 2.34. The van der Waals surface area contributed by atoms with Crippen LogP contribution in [0.25, 0.3) is 10.9 Å². The van der Waals surface area contributed by atoms with Gasteiger partial charge in [0.15, 0.2) is 0 Å². The molecule has 0 saturated heterocycles. The molecule has 0 bridgehead atoms. The van der Waals surface area contributed by atoms with Gasteiger partial charge in [-0.3, -0.25) is 4.98 Å². The van der Waals surface area contributed by atoms with E-state index in [1.54, 1.807) is 0 Å². The number of pyridine rings is 1. The molecule has 0 amide bonds. The fourth-order valence-corrected chi connectivity index (χ4v) is 1.83. The Morgan fingerprint density at radius 1 is 1.20 bits per heavy atom. The normalized spacial score (nSPS) is 10.7. The Kier molecular flexibility index (Phi) is 3.30. The SMILES string of the molecule is CNCCCc1ccnc2ccccc12. The lowest BCUT2D eigenvalue weighted by Gasteiger charge is -2.05. The van der Waals surface area contributed by atoms with Crippen molar-refractivity contribution in [1.82, 2.24) is 10.3 Å². The smallest absolute Gasteiger partial charge is 0.0704 e. The zero-order valence-electron chi connectivity index (χ0n) is 9.03. The number of aromatic nitrogens is 1. The summed E-state index contributed by atoms with van der Waals surface area (Å²) in [6.07, 6.45) is 4.19. The van der Waals surface area contributed by atoms with Crippen LogP contribution in [0, 0.1) is 0 Å². The molecular weight excluding hydrogens is 184 g/mol. The fraction of sp³-hybridized carbons (Fsp3) is 0.308. The molecule has 1 aromatic heterocycles. The number of para-hydroxylation sites is 1. The molecule has 1 heterocycles. The van der Waals surface area contributed by atoms with Crippen molar-refractivity contribution in [3.8, 4) is 0 Å². The molecule has 0 aliphatic heterocycles. The van der Waals surface area contributed by atoms with Gasteiger partial charge in [-0.05, 0) is 44.1 Å². The minimum Gasteiger partial charge on any atom is -0.320 e. The highest BCUT2D eigenvalue weighted by molar-refractivity contribution is 5.81. The lowest BCUT2D eigenvalue weighted by atomic mass is 10.0. The van der Waals surface area contributed by atoms with Gasteiger partial charge in [0, 0.05) is 11.6 Å². The number of aryl methyl sites for hydroxylation is 1. The van der Waals surface area contributed by atoms with Crippen molar-refractivity contribution in [2.75, 3.05) is 13.6 Å². The van der Waals surface area contributed by atoms with Crippen LogP contribution in [0.15, 0.2) is 36.5 Å². The fourth-order valence-electron chi connectivity index (χ4n) is 1.83. The predicted molar refractivity (Wildman–Crippen MR) is 64.0 cm³/mol. The van der Waals surface area contributed by atoms with Crippen molar-refractivity contribution in [2.24, 2.45) is 0 Å². The zero-order chi connectivity index (χ0) is 10.5. The summed E-state index contributed by atoms with van der Waals surface area (Å²) in [6, 6.07) is 10.4. The van der Waals surface area contributed by atoms with E-state index in [2.05, 4.69) is 34.6 Å². The quantitative estimate of drug-likeness (QED) is 0.766. The maximum atomic E-state index is 4.35. The number of hydrogen-bond acceptors (Lipinski definition) is 2. The zero-order valence-corrected chi connectivity index (χ0v) is 9.03. The molecule has 0 aliphatic carbocycles. The van der Waals surface area contributed by atoms with E-state index in [1.165, 1.54) is 17.4 Å². The number of hydrogen-bond donors (Lipinski definition) is 1. The van der Waals surface area contributed by atoms with Crippen LogP contribution < -0.4 is 5.32 Å². The van der Waals surface area contributed by atoms with Crippen LogP contribution in [-0.4, -0.2) is 18.6 Å². The number of nitrogens with zero attached hydrogens (tertiary/aromatic N) is 1. The molecular formula is C13H16N2. The topological polar surface area (TPSA) is 24.9 Å². The van der Waals surface area contributed by atoms with Gasteiger partial charge in [-0.1, -0.05) is 18.2 Å². The number of rotatable bonds is 4. The van der Waals surface area contributed by atoms with E-state index >= 15 is 0 Å². The van der Waals surface area contributed by atoms with Crippen LogP contribution in [0.5, 0.6) is 0 Å². The summed E-state index contributed by atoms with van der Waals surface area (Å²) in [4.78, 5) is 4.35. The first-order chi connectivity index (χ1) is 7.42. The Morgan fingerprint density at radius 2 is 2.07 bits per heavy atom. The van der Waals surface area contributed by atoms with E-state index in [1.807, 2.05) is 19.3 Å². The van der Waals surface area contributed by atoms with Gasteiger partial charge in [0.05, 0.1) is 5.52 Å². The molecule has 2 nitrogen and oxygen atoms in total. The average Bonchev–Trinajstić information content (AvgIpc) is 2.30. The summed E-state index contributed by atoms with van der Waals surface area (Å²) in [5.41, 5.74) is 2.50. The van der Waals surface area contributed by atoms with Crippen LogP contribution in [0.2, 0.25) is 0 Å². The predicted octanol–water partition coefficient (Wildman–Crippen LogP) is 2.39. The van der Waals surface area contributed by atoms with Gasteiger partial charge >= 0.3 is 0 Å². The highest BCUT2D eigenvalue weighted by atomic mass is 14.8. The van der Waals surface area contributed by atoms with Gasteiger partial charge < -0.3 is 5.32 Å². The molecule has 78 valence electrons. The summed E-state index contributed by atoms with van der Waals surface area (Å²) in [7, 11) is 1.99. The maximum Gasteiger partial charge on any atom is 0.0704 e. The Labute approximate surface area is 90.3 Å². The van der Waals surface area contributed by atoms with Crippen molar-refractivity contribution < 1.29 is 0 Å². The maximum absolute atomic E-state index is 4.35. The van der Waals surface area contributed by atoms with E-state index in [-0.39, 0.29) is 0 Å². The Balaban J connectivity index is 2.26. The monoisotopic (exact) mass is 200 g/mol. The highest BCUT2D eigenvalue weighted by Crippen LogP contribution is 2.17. The van der Waals surface area contributed by atoms with Crippen LogP contribution in [0.1, 0.15) is 12.0 Å². The molecule has 0 spiro atoms. The minimum absolute atomic E-state index is 1.07. The molecule has 2 aromatic rings. The molecule has 1 aromatic carbocycles. The molecule has 0 atom stereocenters. The second-order valence-electron chi connectivity index (χ2n) is 3.69. The van der Waals surface area contributed by atoms with E-state index in [0.29, 0.717) is 0 Å². The van der Waals surface area contributed by atoms with Crippen molar-refractivity contribution >= 4 is 10.9 Å². The first kappa shape index (κ1) is 10.1. The van der Waals surface area contributed by atoms with Crippen LogP contribution >= 0.6 is 0 Å². The summed E-state index contributed by atoms with van der Waals surface area (Å²) < 4.78 is 0. The minimum atomic E-state index is 1.07. The van der Waals surface area contributed by atoms with Gasteiger partial charge in [-0.25, -0.2) is 0 Å². The van der Waals surface area contributed by atoms with Crippen molar-refractivity contribution in [1.29, 1.82) is 0 Å². The summed E-state index contributed by atoms with van der Waals surface area (Å²) in [5.74, 6) is 0. The van der Waals surface area contributed by atoms with Crippen molar-refractivity contribution in [3.63, 3.8) is 0 Å². The van der Waals surface area contributed by atoms with Gasteiger partial charge in [0.2, 0.25) is 0 Å². The third-order valence-electron chi connectivity index (χ3n) is 2.61. The largest absolute Gasteiger partial charge is 0.320 e. The van der Waals surface area contributed by atoms with Crippen molar-refractivity contribution in [3.05, 3.63) is 42.1 Å². The Bertz CT molecular complexity index is 432.